The molecule has 1 aliphatic rings. The smallest absolute Gasteiger partial charge is 0.165 e. The van der Waals surface area contributed by atoms with Crippen LogP contribution in [0.4, 0.5) is 5.69 Å². The number of carbonyl (C=O) groups excluding carboxylic acids is 1. The molecule has 1 aliphatic heterocycles. The summed E-state index contributed by atoms with van der Waals surface area (Å²) in [5.41, 5.74) is 3.20. The Kier molecular flexibility index (Phi) is 3.88. The van der Waals surface area contributed by atoms with Crippen molar-refractivity contribution in [2.24, 2.45) is 0 Å². The highest BCUT2D eigenvalue weighted by molar-refractivity contribution is 6.00. The van der Waals surface area contributed by atoms with Crippen LogP contribution in [-0.2, 0) is 4.79 Å². The van der Waals surface area contributed by atoms with Gasteiger partial charge in [0.15, 0.2) is 5.78 Å². The van der Waals surface area contributed by atoms with Gasteiger partial charge < -0.3 is 19.4 Å². The van der Waals surface area contributed by atoms with E-state index in [4.69, 9.17) is 4.42 Å². The average Bonchev–Trinajstić information content (AvgIpc) is 3.35. The number of aliphatic hydroxyl groups is 1. The summed E-state index contributed by atoms with van der Waals surface area (Å²) in [5, 5.41) is 10.7. The Balaban J connectivity index is 1.85. The number of nitrogens with one attached hydrogen (secondary N) is 1. The van der Waals surface area contributed by atoms with Gasteiger partial charge in [0.1, 0.15) is 17.6 Å². The van der Waals surface area contributed by atoms with Gasteiger partial charge in [-0.15, -0.1) is 0 Å². The first-order valence-corrected chi connectivity index (χ1v) is 8.53. The minimum Gasteiger partial charge on any atom is -0.505 e. The predicted molar refractivity (Wildman–Crippen MR) is 98.7 cm³/mol. The first-order valence-electron chi connectivity index (χ1n) is 8.53. The van der Waals surface area contributed by atoms with Gasteiger partial charge in [-0.05, 0) is 36.8 Å². The van der Waals surface area contributed by atoms with E-state index < -0.39 is 6.04 Å². The van der Waals surface area contributed by atoms with E-state index in [2.05, 4.69) is 16.5 Å². The topological polar surface area (TPSA) is 82.4 Å². The van der Waals surface area contributed by atoms with E-state index in [9.17, 15) is 9.90 Å². The third kappa shape index (κ3) is 2.42. The maximum absolute atomic E-state index is 12.7. The molecule has 1 aromatic carbocycles. The van der Waals surface area contributed by atoms with Crippen molar-refractivity contribution in [1.82, 2.24) is 9.97 Å². The Morgan fingerprint density at radius 2 is 2.27 bits per heavy atom. The molecule has 2 N–H and O–H groups in total. The quantitative estimate of drug-likeness (QED) is 0.713. The Morgan fingerprint density at radius 3 is 3.00 bits per heavy atom. The van der Waals surface area contributed by atoms with Crippen molar-refractivity contribution in [1.29, 1.82) is 0 Å². The second kappa shape index (κ2) is 6.22. The summed E-state index contributed by atoms with van der Waals surface area (Å²) in [6.45, 7) is 5.95. The molecule has 0 spiro atoms. The molecule has 0 saturated heterocycles. The van der Waals surface area contributed by atoms with Gasteiger partial charge >= 0.3 is 0 Å². The van der Waals surface area contributed by atoms with Gasteiger partial charge in [-0.2, -0.15) is 0 Å². The van der Waals surface area contributed by atoms with E-state index in [1.165, 1.54) is 0 Å². The highest BCUT2D eigenvalue weighted by Gasteiger charge is 2.42. The number of hydrogen-bond donors (Lipinski definition) is 2. The van der Waals surface area contributed by atoms with Crippen LogP contribution in [0.2, 0.25) is 0 Å². The Hall–Kier alpha value is -3.28. The lowest BCUT2D eigenvalue weighted by molar-refractivity contribution is -0.116. The van der Waals surface area contributed by atoms with Crippen molar-refractivity contribution in [3.05, 3.63) is 72.3 Å². The summed E-state index contributed by atoms with van der Waals surface area (Å²) >= 11 is 0. The van der Waals surface area contributed by atoms with Gasteiger partial charge in [-0.1, -0.05) is 13.5 Å². The fraction of sp³-hybridized carbons (Fsp3) is 0.200. The Labute approximate surface area is 150 Å². The number of nitrogens with zero attached hydrogens (tertiary/aromatic N) is 2. The molecule has 3 aromatic rings. The molecule has 0 saturated carbocycles. The molecular formula is C20H19N3O3. The molecule has 3 heterocycles. The number of carbonyl (C=O) groups is 1. The van der Waals surface area contributed by atoms with Crippen molar-refractivity contribution in [2.45, 2.75) is 25.8 Å². The van der Waals surface area contributed by atoms with Crippen LogP contribution < -0.4 is 4.90 Å². The second-order valence-electron chi connectivity index (χ2n) is 6.27. The number of aromatic nitrogens is 2. The zero-order valence-corrected chi connectivity index (χ0v) is 14.4. The molecule has 6 heteroatoms. The third-order valence-corrected chi connectivity index (χ3v) is 4.62. The molecule has 0 fully saturated rings. The van der Waals surface area contributed by atoms with Gasteiger partial charge in [-0.3, -0.25) is 4.79 Å². The number of aromatic amines is 1. The number of Topliss-reactive ketones (excluding diaryl/α,β-unsaturated/α-hetero) is 1. The third-order valence-electron chi connectivity index (χ3n) is 4.62. The standard InChI is InChI=1S/C20H19N3O3/c1-3-5-16(24)18-19(17-6-4-9-26-17)23(12(2)20(18)25)13-7-8-14-15(10-13)22-11-21-14/h4,6-11,19,25H,2-3,5H2,1H3,(H,21,22). The number of fused-ring (bicyclic) bond motifs is 1. The van der Waals surface area contributed by atoms with Crippen LogP contribution in [0, 0.1) is 0 Å². The SMILES string of the molecule is C=C1C(O)=C(C(=O)CCC)C(c2ccco2)N1c1ccc2nc[nH]c2c1. The monoisotopic (exact) mass is 349 g/mol. The maximum atomic E-state index is 12.7. The van der Waals surface area contributed by atoms with Crippen LogP contribution in [0.15, 0.2) is 70.9 Å². The largest absolute Gasteiger partial charge is 0.505 e. The summed E-state index contributed by atoms with van der Waals surface area (Å²) in [6, 6.07) is 8.73. The van der Waals surface area contributed by atoms with Crippen molar-refractivity contribution in [3.63, 3.8) is 0 Å². The molecule has 1 unspecified atom stereocenters. The Bertz CT molecular complexity index is 1010. The van der Waals surface area contributed by atoms with Gasteiger partial charge in [-0.25, -0.2) is 4.98 Å². The van der Waals surface area contributed by atoms with Gasteiger partial charge in [0.05, 0.1) is 34.9 Å². The lowest BCUT2D eigenvalue weighted by Crippen LogP contribution is -2.25. The fourth-order valence-electron chi connectivity index (χ4n) is 3.42. The van der Waals surface area contributed by atoms with Crippen LogP contribution >= 0.6 is 0 Å². The lowest BCUT2D eigenvalue weighted by atomic mass is 9.98. The van der Waals surface area contributed by atoms with Gasteiger partial charge in [0, 0.05) is 12.1 Å². The number of ketones is 1. The number of hydrogen-bond acceptors (Lipinski definition) is 5. The molecule has 0 radical (unpaired) electrons. The van der Waals surface area contributed by atoms with Crippen LogP contribution in [0.5, 0.6) is 0 Å². The van der Waals surface area contributed by atoms with Gasteiger partial charge in [0.2, 0.25) is 0 Å². The van der Waals surface area contributed by atoms with E-state index in [-0.39, 0.29) is 11.5 Å². The summed E-state index contributed by atoms with van der Waals surface area (Å²) in [7, 11) is 0. The lowest BCUT2D eigenvalue weighted by Gasteiger charge is -2.27. The molecule has 0 amide bonds. The summed E-state index contributed by atoms with van der Waals surface area (Å²) < 4.78 is 5.60. The summed E-state index contributed by atoms with van der Waals surface area (Å²) in [4.78, 5) is 21.8. The van der Waals surface area contributed by atoms with E-state index in [1.807, 2.05) is 30.0 Å². The first-order chi connectivity index (χ1) is 12.6. The minimum absolute atomic E-state index is 0.0745. The fourth-order valence-corrected chi connectivity index (χ4v) is 3.42. The van der Waals surface area contributed by atoms with Crippen molar-refractivity contribution in [3.8, 4) is 0 Å². The van der Waals surface area contributed by atoms with Crippen molar-refractivity contribution >= 4 is 22.5 Å². The molecule has 2 aromatic heterocycles. The number of furan rings is 1. The van der Waals surface area contributed by atoms with Crippen LogP contribution in [-0.4, -0.2) is 20.9 Å². The zero-order chi connectivity index (χ0) is 18.3. The zero-order valence-electron chi connectivity index (χ0n) is 14.4. The number of imidazole rings is 1. The van der Waals surface area contributed by atoms with E-state index >= 15 is 0 Å². The highest BCUT2D eigenvalue weighted by atomic mass is 16.3. The van der Waals surface area contributed by atoms with Crippen LogP contribution in [0.1, 0.15) is 31.6 Å². The maximum Gasteiger partial charge on any atom is 0.165 e. The van der Waals surface area contributed by atoms with Gasteiger partial charge in [0.25, 0.3) is 0 Å². The summed E-state index contributed by atoms with van der Waals surface area (Å²) in [5.74, 6) is 0.409. The molecule has 4 rings (SSSR count). The molecular weight excluding hydrogens is 330 g/mol. The number of rotatable bonds is 5. The van der Waals surface area contributed by atoms with Crippen molar-refractivity contribution in [2.75, 3.05) is 4.90 Å². The molecule has 132 valence electrons. The predicted octanol–water partition coefficient (Wildman–Crippen LogP) is 4.41. The summed E-state index contributed by atoms with van der Waals surface area (Å²) in [6.07, 6.45) is 4.25. The molecule has 1 atom stereocenters. The highest BCUT2D eigenvalue weighted by Crippen LogP contribution is 2.45. The van der Waals surface area contributed by atoms with Crippen molar-refractivity contribution < 1.29 is 14.3 Å². The van der Waals surface area contributed by atoms with E-state index in [0.29, 0.717) is 29.9 Å². The normalized spacial score (nSPS) is 17.5. The molecule has 0 bridgehead atoms. The van der Waals surface area contributed by atoms with Crippen LogP contribution in [0.3, 0.4) is 0 Å². The minimum atomic E-state index is -0.545. The molecule has 26 heavy (non-hydrogen) atoms. The number of H-pyrrole nitrogens is 1. The number of anilines is 1. The first kappa shape index (κ1) is 16.2. The molecule has 6 nitrogen and oxygen atoms in total. The Morgan fingerprint density at radius 1 is 1.42 bits per heavy atom. The second-order valence-corrected chi connectivity index (χ2v) is 6.27. The molecule has 0 aliphatic carbocycles. The van der Waals surface area contributed by atoms with E-state index in [1.54, 1.807) is 24.7 Å². The number of benzene rings is 1. The van der Waals surface area contributed by atoms with E-state index in [0.717, 1.165) is 16.7 Å². The number of aliphatic hydroxyl groups excluding tert-OH is 1. The average molecular weight is 349 g/mol. The van der Waals surface area contributed by atoms with Crippen LogP contribution in [0.25, 0.3) is 11.0 Å².